The van der Waals surface area contributed by atoms with Gasteiger partial charge in [0.05, 0.1) is 5.41 Å². The summed E-state index contributed by atoms with van der Waals surface area (Å²) in [6, 6.07) is 3.83. The molecule has 5 atom stereocenters. The van der Waals surface area contributed by atoms with Crippen LogP contribution in [-0.2, 0) is 11.8 Å². The second-order valence-corrected chi connectivity index (χ2v) is 7.15. The van der Waals surface area contributed by atoms with Crippen LogP contribution in [0.25, 0.3) is 0 Å². The summed E-state index contributed by atoms with van der Waals surface area (Å²) >= 11 is 0. The van der Waals surface area contributed by atoms with Crippen LogP contribution in [0.4, 0.5) is 0 Å². The van der Waals surface area contributed by atoms with E-state index in [0.29, 0.717) is 12.2 Å². The third-order valence-corrected chi connectivity index (χ3v) is 6.39. The van der Waals surface area contributed by atoms with Crippen LogP contribution in [0.2, 0.25) is 0 Å². The van der Waals surface area contributed by atoms with Crippen LogP contribution in [0.15, 0.2) is 24.3 Å². The number of ether oxygens (including phenoxy) is 1. The molecule has 3 N–H and O–H groups in total. The van der Waals surface area contributed by atoms with Crippen LogP contribution >= 0.6 is 0 Å². The van der Waals surface area contributed by atoms with Crippen molar-refractivity contribution in [3.05, 3.63) is 35.4 Å². The Morgan fingerprint density at radius 1 is 1.35 bits per heavy atom. The van der Waals surface area contributed by atoms with E-state index in [4.69, 9.17) is 4.74 Å². The highest BCUT2D eigenvalue weighted by atomic mass is 17.1. The third kappa shape index (κ3) is 1.32. The number of hydrogen-bond acceptors (Lipinski definition) is 6. The maximum Gasteiger partial charge on any atom is 0.248 e. The Morgan fingerprint density at radius 3 is 2.96 bits per heavy atom. The number of benzene rings is 1. The van der Waals surface area contributed by atoms with E-state index in [1.165, 1.54) is 0 Å². The molecule has 2 aliphatic heterocycles. The van der Waals surface area contributed by atoms with E-state index in [1.54, 1.807) is 12.1 Å². The van der Waals surface area contributed by atoms with Crippen molar-refractivity contribution >= 4 is 0 Å². The molecule has 1 fully saturated rings. The van der Waals surface area contributed by atoms with Crippen LogP contribution in [-0.4, -0.2) is 51.9 Å². The monoisotopic (exact) mass is 317 g/mol. The molecule has 4 aliphatic rings. The van der Waals surface area contributed by atoms with Crippen LogP contribution in [0.3, 0.4) is 0 Å². The Hall–Kier alpha value is -1.60. The van der Waals surface area contributed by atoms with E-state index >= 15 is 0 Å². The summed E-state index contributed by atoms with van der Waals surface area (Å²) in [5, 5.41) is 31.0. The van der Waals surface area contributed by atoms with E-state index in [1.807, 2.05) is 12.1 Å². The molecule has 0 saturated carbocycles. The number of likely N-dealkylation sites (N-methyl/N-ethyl adjacent to an activating group) is 1. The molecule has 2 bridgehead atoms. The maximum atomic E-state index is 11.4. The van der Waals surface area contributed by atoms with Crippen LogP contribution in [0.5, 0.6) is 11.5 Å². The minimum atomic E-state index is -1.72. The predicted molar refractivity (Wildman–Crippen MR) is 80.3 cm³/mol. The van der Waals surface area contributed by atoms with Gasteiger partial charge in [0, 0.05) is 17.5 Å². The first-order valence-corrected chi connectivity index (χ1v) is 7.99. The summed E-state index contributed by atoms with van der Waals surface area (Å²) in [6.45, 7) is 0.816. The van der Waals surface area contributed by atoms with Crippen molar-refractivity contribution < 1.29 is 25.1 Å². The molecule has 1 saturated heterocycles. The molecule has 23 heavy (non-hydrogen) atoms. The molecule has 2 heterocycles. The summed E-state index contributed by atoms with van der Waals surface area (Å²) in [7, 11) is 2.10. The Bertz CT molecular complexity index is 734. The first-order valence-electron chi connectivity index (χ1n) is 7.99. The van der Waals surface area contributed by atoms with E-state index in [9.17, 15) is 15.5 Å². The molecule has 1 aromatic carbocycles. The first kappa shape index (κ1) is 13.8. The van der Waals surface area contributed by atoms with Gasteiger partial charge in [-0.15, -0.1) is 0 Å². The number of aliphatic hydroxyl groups excluding tert-OH is 1. The van der Waals surface area contributed by atoms with E-state index in [-0.39, 0.29) is 17.7 Å². The highest BCUT2D eigenvalue weighted by Gasteiger charge is 2.72. The highest BCUT2D eigenvalue weighted by molar-refractivity contribution is 5.63. The molecule has 0 unspecified atom stereocenters. The lowest BCUT2D eigenvalue weighted by molar-refractivity contribution is -0.250. The summed E-state index contributed by atoms with van der Waals surface area (Å²) in [6.07, 6.45) is 4.06. The fraction of sp³-hybridized carbons (Fsp3) is 0.529. The van der Waals surface area contributed by atoms with Gasteiger partial charge < -0.3 is 24.7 Å². The fourth-order valence-electron chi connectivity index (χ4n) is 5.34. The summed E-state index contributed by atoms with van der Waals surface area (Å²) in [4.78, 5) is 6.78. The lowest BCUT2D eigenvalue weighted by Gasteiger charge is -2.58. The van der Waals surface area contributed by atoms with Crippen LogP contribution in [0.1, 0.15) is 17.5 Å². The number of nitrogens with zero attached hydrogens (tertiary/aromatic N) is 1. The Kier molecular flexibility index (Phi) is 2.45. The molecular weight excluding hydrogens is 298 g/mol. The van der Waals surface area contributed by atoms with Gasteiger partial charge in [-0.25, -0.2) is 5.26 Å². The Balaban J connectivity index is 1.87. The zero-order valence-corrected chi connectivity index (χ0v) is 12.8. The summed E-state index contributed by atoms with van der Waals surface area (Å²) in [5.74, 6) is -1.12. The predicted octanol–water partition coefficient (Wildman–Crippen LogP) is 0.664. The molecule has 2 aliphatic carbocycles. The van der Waals surface area contributed by atoms with Gasteiger partial charge in [0.1, 0.15) is 6.10 Å². The van der Waals surface area contributed by atoms with E-state index in [2.05, 4.69) is 16.8 Å². The van der Waals surface area contributed by atoms with Crippen molar-refractivity contribution in [2.24, 2.45) is 5.92 Å². The van der Waals surface area contributed by atoms with E-state index < -0.39 is 17.3 Å². The smallest absolute Gasteiger partial charge is 0.248 e. The van der Waals surface area contributed by atoms with Crippen LogP contribution < -0.4 is 9.62 Å². The normalized spacial score (nSPS) is 43.0. The lowest BCUT2D eigenvalue weighted by atomic mass is 9.52. The molecule has 0 aromatic heterocycles. The van der Waals surface area contributed by atoms with Crippen molar-refractivity contribution in [2.45, 2.75) is 36.2 Å². The molecule has 5 rings (SSSR count). The Morgan fingerprint density at radius 2 is 2.17 bits per heavy atom. The molecule has 6 heteroatoms. The maximum absolute atomic E-state index is 11.4. The van der Waals surface area contributed by atoms with Gasteiger partial charge in [0.25, 0.3) is 0 Å². The van der Waals surface area contributed by atoms with Gasteiger partial charge in [-0.3, -0.25) is 0 Å². The van der Waals surface area contributed by atoms with Crippen molar-refractivity contribution in [1.82, 2.24) is 4.90 Å². The average Bonchev–Trinajstić information content (AvgIpc) is 2.82. The van der Waals surface area contributed by atoms with Gasteiger partial charge in [-0.2, -0.15) is 0 Å². The molecule has 1 aromatic rings. The number of aliphatic hydroxyl groups is 2. The van der Waals surface area contributed by atoms with Crippen molar-refractivity contribution in [3.8, 4) is 11.5 Å². The van der Waals surface area contributed by atoms with E-state index in [0.717, 1.165) is 24.1 Å². The number of rotatable bonds is 1. The lowest BCUT2D eigenvalue weighted by Crippen LogP contribution is -2.71. The minimum Gasteiger partial charge on any atom is -0.454 e. The van der Waals surface area contributed by atoms with Gasteiger partial charge >= 0.3 is 0 Å². The molecule has 0 radical (unpaired) electrons. The largest absolute Gasteiger partial charge is 0.454 e. The minimum absolute atomic E-state index is 0.0531. The third-order valence-electron chi connectivity index (χ3n) is 6.39. The summed E-state index contributed by atoms with van der Waals surface area (Å²) < 4.78 is 5.89. The second-order valence-electron chi connectivity index (χ2n) is 7.15. The molecule has 122 valence electrons. The van der Waals surface area contributed by atoms with Gasteiger partial charge in [-0.1, -0.05) is 18.2 Å². The SMILES string of the molecule is CN1CC[C@]23c4c5ccc(OO)c4O[C@@]2(O)[C@@H](O)C=C[C@H]3[C@H]1C5. The standard InChI is InChI=1S/C17H19NO5/c1-18-7-6-16-10-3-5-13(19)17(16,20)22-15-12(23-21)4-2-9(14(15)16)8-11(10)18/h2-5,10-11,13,19-21H,6-8H2,1H3/t10-,11+,13-,16-,17-/m0/s1. The molecule has 1 spiro atoms. The quantitative estimate of drug-likeness (QED) is 0.401. The highest BCUT2D eigenvalue weighted by Crippen LogP contribution is 2.65. The van der Waals surface area contributed by atoms with Gasteiger partial charge in [0.2, 0.25) is 11.5 Å². The summed E-state index contributed by atoms with van der Waals surface area (Å²) in [5.41, 5.74) is 1.28. The first-order chi connectivity index (χ1) is 11.0. The molecule has 6 nitrogen and oxygen atoms in total. The van der Waals surface area contributed by atoms with Crippen molar-refractivity contribution in [1.29, 1.82) is 0 Å². The van der Waals surface area contributed by atoms with Crippen LogP contribution in [0, 0.1) is 5.92 Å². The molecular formula is C17H19NO5. The number of hydrogen-bond donors (Lipinski definition) is 3. The fourth-order valence-corrected chi connectivity index (χ4v) is 5.34. The number of likely N-dealkylation sites (tertiary alicyclic amines) is 1. The Labute approximate surface area is 133 Å². The van der Waals surface area contributed by atoms with Gasteiger partial charge in [-0.05, 0) is 38.1 Å². The average molecular weight is 317 g/mol. The zero-order chi connectivity index (χ0) is 16.0. The topological polar surface area (TPSA) is 82.4 Å². The molecule has 0 amide bonds. The van der Waals surface area contributed by atoms with Crippen molar-refractivity contribution in [3.63, 3.8) is 0 Å². The van der Waals surface area contributed by atoms with Crippen molar-refractivity contribution in [2.75, 3.05) is 13.6 Å². The zero-order valence-electron chi connectivity index (χ0n) is 12.8. The number of piperidine rings is 1. The van der Waals surface area contributed by atoms with Gasteiger partial charge in [0.15, 0.2) is 5.75 Å². The second kappa shape index (κ2) is 4.08.